The number of halogens is 2. The fourth-order valence-corrected chi connectivity index (χ4v) is 5.47. The zero-order chi connectivity index (χ0) is 27.4. The molecule has 1 saturated heterocycles. The maximum Gasteiger partial charge on any atom is 0.421 e. The highest BCUT2D eigenvalue weighted by Crippen LogP contribution is 2.54. The predicted octanol–water partition coefficient (Wildman–Crippen LogP) is 5.63. The SMILES string of the molecule is CC(C)(C)OC(=O)N1C(=O)C(c2ccccc2)([C@@H]2CC(=O)N(c3cccc(Cl)c3)C2=O)c2cc(F)ccc21. The van der Waals surface area contributed by atoms with Crippen LogP contribution < -0.4 is 9.80 Å². The first kappa shape index (κ1) is 25.6. The van der Waals surface area contributed by atoms with Gasteiger partial charge in [-0.15, -0.1) is 0 Å². The lowest BCUT2D eigenvalue weighted by Gasteiger charge is -2.33. The van der Waals surface area contributed by atoms with Gasteiger partial charge < -0.3 is 4.74 Å². The third-order valence-corrected chi connectivity index (χ3v) is 6.94. The third kappa shape index (κ3) is 3.96. The predicted molar refractivity (Wildman–Crippen MR) is 139 cm³/mol. The Labute approximate surface area is 223 Å². The molecule has 0 bridgehead atoms. The van der Waals surface area contributed by atoms with Gasteiger partial charge in [0.05, 0.1) is 17.3 Å². The molecule has 0 N–H and O–H groups in total. The number of rotatable bonds is 3. The van der Waals surface area contributed by atoms with E-state index in [1.165, 1.54) is 12.1 Å². The van der Waals surface area contributed by atoms with Gasteiger partial charge in [-0.1, -0.05) is 48.0 Å². The van der Waals surface area contributed by atoms with Gasteiger partial charge in [-0.05, 0) is 62.7 Å². The molecule has 3 aromatic rings. The summed E-state index contributed by atoms with van der Waals surface area (Å²) < 4.78 is 20.3. The van der Waals surface area contributed by atoms with E-state index in [-0.39, 0.29) is 23.4 Å². The highest BCUT2D eigenvalue weighted by atomic mass is 35.5. The summed E-state index contributed by atoms with van der Waals surface area (Å²) in [6, 6.07) is 18.2. The van der Waals surface area contributed by atoms with Crippen molar-refractivity contribution in [3.63, 3.8) is 0 Å². The highest BCUT2D eigenvalue weighted by molar-refractivity contribution is 6.32. The van der Waals surface area contributed by atoms with Crippen LogP contribution >= 0.6 is 11.6 Å². The van der Waals surface area contributed by atoms with E-state index in [1.54, 1.807) is 69.3 Å². The van der Waals surface area contributed by atoms with Crippen LogP contribution in [0.2, 0.25) is 5.02 Å². The van der Waals surface area contributed by atoms with Crippen LogP contribution in [0.5, 0.6) is 0 Å². The van der Waals surface area contributed by atoms with Gasteiger partial charge in [0.15, 0.2) is 0 Å². The van der Waals surface area contributed by atoms with Gasteiger partial charge in [-0.3, -0.25) is 19.3 Å². The Bertz CT molecular complexity index is 1490. The van der Waals surface area contributed by atoms with E-state index in [0.717, 1.165) is 21.9 Å². The average Bonchev–Trinajstić information content (AvgIpc) is 3.28. The molecule has 2 aliphatic heterocycles. The molecule has 194 valence electrons. The van der Waals surface area contributed by atoms with Crippen molar-refractivity contribution in [2.45, 2.75) is 38.2 Å². The Hall–Kier alpha value is -4.04. The number of nitrogens with zero attached hydrogens (tertiary/aromatic N) is 2. The van der Waals surface area contributed by atoms with Crippen molar-refractivity contribution in [2.24, 2.45) is 5.92 Å². The minimum absolute atomic E-state index is 0.0935. The molecule has 38 heavy (non-hydrogen) atoms. The van der Waals surface area contributed by atoms with Crippen LogP contribution in [0.15, 0.2) is 72.8 Å². The van der Waals surface area contributed by atoms with Gasteiger partial charge in [-0.25, -0.2) is 14.1 Å². The minimum Gasteiger partial charge on any atom is -0.443 e. The van der Waals surface area contributed by atoms with Gasteiger partial charge in [0.2, 0.25) is 11.8 Å². The molecular weight excluding hydrogens is 511 g/mol. The van der Waals surface area contributed by atoms with E-state index in [0.29, 0.717) is 10.6 Å². The first-order valence-corrected chi connectivity index (χ1v) is 12.4. The Balaban J connectivity index is 1.74. The highest BCUT2D eigenvalue weighted by Gasteiger charge is 2.64. The van der Waals surface area contributed by atoms with Crippen LogP contribution in [0, 0.1) is 11.7 Å². The normalized spacial score (nSPS) is 21.2. The summed E-state index contributed by atoms with van der Waals surface area (Å²) in [5.41, 5.74) is -1.99. The van der Waals surface area contributed by atoms with Crippen LogP contribution in [-0.2, 0) is 24.5 Å². The van der Waals surface area contributed by atoms with E-state index < -0.39 is 46.6 Å². The molecule has 2 atom stereocenters. The zero-order valence-electron chi connectivity index (χ0n) is 20.9. The van der Waals surface area contributed by atoms with E-state index in [1.807, 2.05) is 0 Å². The summed E-state index contributed by atoms with van der Waals surface area (Å²) in [6.45, 7) is 4.97. The molecule has 1 fully saturated rings. The van der Waals surface area contributed by atoms with Crippen LogP contribution in [0.3, 0.4) is 0 Å². The van der Waals surface area contributed by atoms with Crippen molar-refractivity contribution >= 4 is 46.8 Å². The van der Waals surface area contributed by atoms with Gasteiger partial charge in [-0.2, -0.15) is 0 Å². The lowest BCUT2D eigenvalue weighted by Crippen LogP contribution is -2.51. The van der Waals surface area contributed by atoms with E-state index in [4.69, 9.17) is 16.3 Å². The number of anilines is 2. The number of carbonyl (C=O) groups is 4. The van der Waals surface area contributed by atoms with Crippen molar-refractivity contribution in [1.29, 1.82) is 0 Å². The maximum atomic E-state index is 14.8. The second-order valence-electron chi connectivity index (χ2n) is 10.3. The summed E-state index contributed by atoms with van der Waals surface area (Å²) in [4.78, 5) is 56.9. The molecular formula is C29H24ClFN2O5. The molecule has 5 rings (SSSR count). The van der Waals surface area contributed by atoms with E-state index in [2.05, 4.69) is 0 Å². The van der Waals surface area contributed by atoms with Gasteiger partial charge in [0.25, 0.3) is 5.91 Å². The number of benzene rings is 3. The maximum absolute atomic E-state index is 14.8. The average molecular weight is 535 g/mol. The summed E-state index contributed by atoms with van der Waals surface area (Å²) in [5.74, 6) is -3.92. The molecule has 3 aromatic carbocycles. The first-order valence-electron chi connectivity index (χ1n) is 12.0. The number of hydrogen-bond acceptors (Lipinski definition) is 5. The number of carbonyl (C=O) groups excluding carboxylic acids is 4. The van der Waals surface area contributed by atoms with Crippen LogP contribution in [0.4, 0.5) is 20.6 Å². The van der Waals surface area contributed by atoms with Crippen molar-refractivity contribution in [3.8, 4) is 0 Å². The molecule has 7 nitrogen and oxygen atoms in total. The summed E-state index contributed by atoms with van der Waals surface area (Å²) >= 11 is 6.12. The molecule has 0 aliphatic carbocycles. The number of hydrogen-bond donors (Lipinski definition) is 0. The van der Waals surface area contributed by atoms with Crippen LogP contribution in [-0.4, -0.2) is 29.4 Å². The molecule has 9 heteroatoms. The summed E-state index contributed by atoms with van der Waals surface area (Å²) in [5, 5.41) is 0.324. The molecule has 2 aliphatic rings. The van der Waals surface area contributed by atoms with E-state index >= 15 is 0 Å². The second-order valence-corrected chi connectivity index (χ2v) is 10.7. The molecule has 2 heterocycles. The number of fused-ring (bicyclic) bond motifs is 1. The number of imide groups is 2. The van der Waals surface area contributed by atoms with Gasteiger partial charge >= 0.3 is 6.09 Å². The number of amides is 4. The Morgan fingerprint density at radius 2 is 1.71 bits per heavy atom. The molecule has 0 aromatic heterocycles. The third-order valence-electron chi connectivity index (χ3n) is 6.71. The Kier molecular flexibility index (Phi) is 6.10. The quantitative estimate of drug-likeness (QED) is 0.407. The fraction of sp³-hybridized carbons (Fsp3) is 0.241. The lowest BCUT2D eigenvalue weighted by molar-refractivity contribution is -0.130. The molecule has 1 unspecified atom stereocenters. The topological polar surface area (TPSA) is 84.0 Å². The first-order chi connectivity index (χ1) is 17.9. The van der Waals surface area contributed by atoms with Crippen molar-refractivity contribution in [1.82, 2.24) is 0 Å². The van der Waals surface area contributed by atoms with Crippen molar-refractivity contribution in [2.75, 3.05) is 9.80 Å². The Morgan fingerprint density at radius 1 is 1.00 bits per heavy atom. The van der Waals surface area contributed by atoms with Crippen LogP contribution in [0.1, 0.15) is 38.3 Å². The smallest absolute Gasteiger partial charge is 0.421 e. The second kappa shape index (κ2) is 9.06. The minimum atomic E-state index is -1.87. The monoisotopic (exact) mass is 534 g/mol. The molecule has 4 amide bonds. The zero-order valence-corrected chi connectivity index (χ0v) is 21.7. The van der Waals surface area contributed by atoms with Gasteiger partial charge in [0.1, 0.15) is 16.8 Å². The summed E-state index contributed by atoms with van der Waals surface area (Å²) in [6.07, 6.45) is -1.30. The Morgan fingerprint density at radius 3 is 2.37 bits per heavy atom. The van der Waals surface area contributed by atoms with Gasteiger partial charge in [0, 0.05) is 17.0 Å². The molecule has 0 spiro atoms. The van der Waals surface area contributed by atoms with Crippen molar-refractivity contribution < 1.29 is 28.3 Å². The lowest BCUT2D eigenvalue weighted by atomic mass is 9.65. The summed E-state index contributed by atoms with van der Waals surface area (Å²) in [7, 11) is 0. The molecule has 0 saturated carbocycles. The standard InChI is InChI=1S/C29H24ClFN2O5/c1-28(2,3)38-27(37)33-23-13-12-19(31)15-21(23)29(26(33)36,17-8-5-4-6-9-17)22-16-24(34)32(25(22)35)20-11-7-10-18(30)14-20/h4-15,22H,16H2,1-3H3/t22-,29?/m1/s1. The van der Waals surface area contributed by atoms with Crippen molar-refractivity contribution in [3.05, 3.63) is 94.8 Å². The van der Waals surface area contributed by atoms with Crippen LogP contribution in [0.25, 0.3) is 0 Å². The largest absolute Gasteiger partial charge is 0.443 e. The molecule has 0 radical (unpaired) electrons. The fourth-order valence-electron chi connectivity index (χ4n) is 5.28. The van der Waals surface area contributed by atoms with E-state index in [9.17, 15) is 23.6 Å². The number of ether oxygens (including phenoxy) is 1.